The fourth-order valence-corrected chi connectivity index (χ4v) is 3.64. The molecule has 1 aliphatic rings. The van der Waals surface area contributed by atoms with E-state index in [1.807, 2.05) is 59.6 Å². The Hall–Kier alpha value is -3.12. The molecule has 2 aromatic carbocycles. The number of aromatic nitrogens is 1. The van der Waals surface area contributed by atoms with Crippen molar-refractivity contribution in [2.45, 2.75) is 12.8 Å². The van der Waals surface area contributed by atoms with Gasteiger partial charge in [0.05, 0.1) is 11.4 Å². The van der Waals surface area contributed by atoms with E-state index in [1.54, 1.807) is 6.92 Å². The molecular weight excluding hydrogens is 352 g/mol. The predicted octanol–water partition coefficient (Wildman–Crippen LogP) is 2.26. The lowest BCUT2D eigenvalue weighted by Crippen LogP contribution is -2.46. The third kappa shape index (κ3) is 3.39. The van der Waals surface area contributed by atoms with Crippen molar-refractivity contribution in [2.24, 2.45) is 5.73 Å². The molecule has 6 heteroatoms. The number of nitrogens with two attached hydrogens (primary N) is 1. The molecule has 1 aliphatic heterocycles. The number of nitrogens with one attached hydrogen (secondary N) is 1. The van der Waals surface area contributed by atoms with Crippen molar-refractivity contribution in [1.29, 1.82) is 0 Å². The van der Waals surface area contributed by atoms with Gasteiger partial charge in [0.15, 0.2) is 0 Å². The quantitative estimate of drug-likeness (QED) is 0.733. The van der Waals surface area contributed by atoms with Crippen molar-refractivity contribution in [3.05, 3.63) is 65.9 Å². The Morgan fingerprint density at radius 2 is 1.75 bits per heavy atom. The van der Waals surface area contributed by atoms with Gasteiger partial charge in [-0.2, -0.15) is 0 Å². The van der Waals surface area contributed by atoms with Crippen molar-refractivity contribution in [1.82, 2.24) is 14.8 Å². The highest BCUT2D eigenvalue weighted by Gasteiger charge is 2.18. The van der Waals surface area contributed by atoms with E-state index in [2.05, 4.69) is 9.88 Å². The Morgan fingerprint density at radius 3 is 2.43 bits per heavy atom. The third-order valence-electron chi connectivity index (χ3n) is 5.44. The van der Waals surface area contributed by atoms with Crippen LogP contribution in [0.1, 0.15) is 28.8 Å². The van der Waals surface area contributed by atoms with E-state index in [4.69, 9.17) is 5.73 Å². The van der Waals surface area contributed by atoms with Gasteiger partial charge in [-0.25, -0.2) is 0 Å². The Kier molecular flexibility index (Phi) is 4.88. The summed E-state index contributed by atoms with van der Waals surface area (Å²) in [4.78, 5) is 26.0. The fourth-order valence-electron chi connectivity index (χ4n) is 3.64. The fraction of sp³-hybridized carbons (Fsp3) is 0.273. The Bertz CT molecular complexity index is 1020. The molecule has 0 radical (unpaired) electrons. The lowest BCUT2D eigenvalue weighted by atomic mass is 10.0. The minimum atomic E-state index is -0.333. The van der Waals surface area contributed by atoms with Crippen LogP contribution < -0.4 is 11.1 Å². The smallest absolute Gasteiger partial charge is 0.253 e. The van der Waals surface area contributed by atoms with Crippen LogP contribution >= 0.6 is 0 Å². The number of rotatable bonds is 4. The van der Waals surface area contributed by atoms with Gasteiger partial charge in [-0.15, -0.1) is 0 Å². The molecule has 1 saturated heterocycles. The number of hydrogen-bond donors (Lipinski definition) is 2. The van der Waals surface area contributed by atoms with Crippen LogP contribution in [0.3, 0.4) is 0 Å². The first kappa shape index (κ1) is 18.3. The summed E-state index contributed by atoms with van der Waals surface area (Å²) < 4.78 is 2.08. The third-order valence-corrected chi connectivity index (χ3v) is 5.44. The zero-order valence-electron chi connectivity index (χ0n) is 15.9. The number of nitrogens with zero attached hydrogens (tertiary/aromatic N) is 2. The van der Waals surface area contributed by atoms with Gasteiger partial charge in [-0.3, -0.25) is 9.59 Å². The number of fused-ring (bicyclic) bond motifs is 1. The van der Waals surface area contributed by atoms with Crippen LogP contribution in [0.25, 0.3) is 16.6 Å². The van der Waals surface area contributed by atoms with E-state index in [9.17, 15) is 9.59 Å². The second-order valence-corrected chi connectivity index (χ2v) is 7.22. The summed E-state index contributed by atoms with van der Waals surface area (Å²) in [6.07, 6.45) is 2.00. The molecule has 4 rings (SSSR count). The van der Waals surface area contributed by atoms with E-state index in [0.717, 1.165) is 53.9 Å². The van der Waals surface area contributed by atoms with Crippen LogP contribution in [-0.2, 0) is 4.79 Å². The van der Waals surface area contributed by atoms with Gasteiger partial charge in [0, 0.05) is 49.0 Å². The lowest BCUT2D eigenvalue weighted by Gasteiger charge is -2.27. The van der Waals surface area contributed by atoms with Crippen molar-refractivity contribution in [2.75, 3.05) is 26.2 Å². The molecule has 1 aromatic heterocycles. The van der Waals surface area contributed by atoms with Crippen molar-refractivity contribution in [3.63, 3.8) is 0 Å². The summed E-state index contributed by atoms with van der Waals surface area (Å²) in [6.45, 7) is 4.98. The first-order chi connectivity index (χ1) is 13.5. The molecule has 2 amide bonds. The minimum Gasteiger partial charge on any atom is -0.369 e. The molecule has 28 heavy (non-hydrogen) atoms. The maximum absolute atomic E-state index is 12.7. The summed E-state index contributed by atoms with van der Waals surface area (Å²) >= 11 is 0. The Balaban J connectivity index is 1.61. The molecule has 3 aromatic rings. The molecule has 1 unspecified atom stereocenters. The van der Waals surface area contributed by atoms with E-state index in [-0.39, 0.29) is 17.7 Å². The van der Waals surface area contributed by atoms with E-state index in [1.165, 1.54) is 0 Å². The zero-order chi connectivity index (χ0) is 19.7. The maximum Gasteiger partial charge on any atom is 0.253 e. The number of benzene rings is 2. The van der Waals surface area contributed by atoms with Crippen LogP contribution in [0.2, 0.25) is 0 Å². The number of primary amides is 1. The minimum absolute atomic E-state index is 0.0842. The van der Waals surface area contributed by atoms with Gasteiger partial charge >= 0.3 is 0 Å². The summed E-state index contributed by atoms with van der Waals surface area (Å²) in [7, 11) is 0. The Morgan fingerprint density at radius 1 is 1.04 bits per heavy atom. The number of carbonyl (C=O) groups excluding carboxylic acids is 2. The largest absolute Gasteiger partial charge is 0.369 e. The zero-order valence-corrected chi connectivity index (χ0v) is 15.9. The molecule has 0 saturated carbocycles. The summed E-state index contributed by atoms with van der Waals surface area (Å²) in [5.41, 5.74) is 9.04. The van der Waals surface area contributed by atoms with Crippen molar-refractivity contribution in [3.8, 4) is 5.69 Å². The van der Waals surface area contributed by atoms with Gasteiger partial charge < -0.3 is 20.5 Å². The first-order valence-electron chi connectivity index (χ1n) is 9.55. The molecule has 1 atom stereocenters. The van der Waals surface area contributed by atoms with Crippen LogP contribution in [0, 0.1) is 0 Å². The van der Waals surface area contributed by atoms with E-state index < -0.39 is 0 Å². The number of hydrogen-bond acceptors (Lipinski definition) is 3. The second kappa shape index (κ2) is 7.48. The number of piperazine rings is 1. The average molecular weight is 376 g/mol. The molecule has 0 spiro atoms. The van der Waals surface area contributed by atoms with E-state index >= 15 is 0 Å². The van der Waals surface area contributed by atoms with Gasteiger partial charge in [-0.05, 0) is 48.9 Å². The van der Waals surface area contributed by atoms with Gasteiger partial charge in [0.1, 0.15) is 0 Å². The van der Waals surface area contributed by atoms with Crippen molar-refractivity contribution < 1.29 is 9.59 Å². The monoisotopic (exact) mass is 376 g/mol. The highest BCUT2D eigenvalue weighted by atomic mass is 16.2. The first-order valence-corrected chi connectivity index (χ1v) is 9.55. The maximum atomic E-state index is 12.7. The molecule has 1 fully saturated rings. The molecular formula is C22H24N4O2. The molecule has 6 nitrogen and oxygen atoms in total. The normalized spacial score (nSPS) is 15.5. The molecule has 0 aliphatic carbocycles. The van der Waals surface area contributed by atoms with Crippen LogP contribution in [-0.4, -0.2) is 47.5 Å². The summed E-state index contributed by atoms with van der Waals surface area (Å²) in [5, 5.41) is 4.29. The predicted molar refractivity (Wildman–Crippen MR) is 110 cm³/mol. The topological polar surface area (TPSA) is 80.4 Å². The van der Waals surface area contributed by atoms with Gasteiger partial charge in [0.2, 0.25) is 5.91 Å². The highest BCUT2D eigenvalue weighted by molar-refractivity contribution is 5.98. The van der Waals surface area contributed by atoms with Crippen LogP contribution in [0.4, 0.5) is 0 Å². The SMILES string of the molecule is CC(C(N)=O)c1ccc(-n2ccc3cc(C(=O)N4CCNCC4)ccc32)cc1. The van der Waals surface area contributed by atoms with Crippen LogP contribution in [0.15, 0.2) is 54.7 Å². The van der Waals surface area contributed by atoms with Gasteiger partial charge in [-0.1, -0.05) is 12.1 Å². The summed E-state index contributed by atoms with van der Waals surface area (Å²) in [6, 6.07) is 15.7. The summed E-state index contributed by atoms with van der Waals surface area (Å²) in [5.74, 6) is -0.559. The highest BCUT2D eigenvalue weighted by Crippen LogP contribution is 2.24. The van der Waals surface area contributed by atoms with Gasteiger partial charge in [0.25, 0.3) is 5.91 Å². The lowest BCUT2D eigenvalue weighted by molar-refractivity contribution is -0.119. The average Bonchev–Trinajstić information content (AvgIpc) is 3.16. The van der Waals surface area contributed by atoms with Crippen LogP contribution in [0.5, 0.6) is 0 Å². The number of amides is 2. The Labute approximate surface area is 163 Å². The second-order valence-electron chi connectivity index (χ2n) is 7.22. The number of carbonyl (C=O) groups is 2. The standard InChI is InChI=1S/C22H24N4O2/c1-15(21(23)27)16-2-5-19(6-3-16)26-11-8-17-14-18(4-7-20(17)26)22(28)25-12-9-24-10-13-25/h2-8,11,14-15,24H,9-10,12-13H2,1H3,(H2,23,27). The molecule has 3 N–H and O–H groups in total. The molecule has 2 heterocycles. The molecule has 0 bridgehead atoms. The molecule has 144 valence electrons. The van der Waals surface area contributed by atoms with E-state index in [0.29, 0.717) is 0 Å². The van der Waals surface area contributed by atoms with Crippen molar-refractivity contribution >= 4 is 22.7 Å².